The molecule has 0 fully saturated rings. The molecular formula is C26H31N3O. The first-order chi connectivity index (χ1) is 14.2. The number of benzene rings is 2. The zero-order valence-electron chi connectivity index (χ0n) is 18.9. The van der Waals surface area contributed by atoms with Gasteiger partial charge in [0.05, 0.1) is 17.0 Å². The van der Waals surface area contributed by atoms with Crippen molar-refractivity contribution >= 4 is 29.1 Å². The molecule has 0 radical (unpaired) electrons. The maximum atomic E-state index is 13.1. The van der Waals surface area contributed by atoms with Gasteiger partial charge in [-0.15, -0.1) is 0 Å². The van der Waals surface area contributed by atoms with E-state index in [1.165, 1.54) is 21.8 Å². The van der Waals surface area contributed by atoms with Gasteiger partial charge in [0.1, 0.15) is 0 Å². The Morgan fingerprint density at radius 3 is 2.53 bits per heavy atom. The topological polar surface area (TPSA) is 35.9 Å². The molecule has 1 atom stereocenters. The summed E-state index contributed by atoms with van der Waals surface area (Å²) in [5.74, 6) is 0.408. The third kappa shape index (κ3) is 3.34. The van der Waals surface area contributed by atoms with Crippen molar-refractivity contribution in [3.8, 4) is 0 Å². The van der Waals surface area contributed by atoms with Crippen molar-refractivity contribution in [2.24, 2.45) is 5.10 Å². The number of aryl methyl sites for hydroxylation is 1. The van der Waals surface area contributed by atoms with Gasteiger partial charge in [0.15, 0.2) is 0 Å². The summed E-state index contributed by atoms with van der Waals surface area (Å²) in [6.45, 7) is 14.2. The molecule has 0 aliphatic carbocycles. The van der Waals surface area contributed by atoms with Crippen LogP contribution in [0.25, 0.3) is 6.08 Å². The highest BCUT2D eigenvalue weighted by Gasteiger charge is 2.36. The van der Waals surface area contributed by atoms with E-state index in [9.17, 15) is 4.79 Å². The van der Waals surface area contributed by atoms with Crippen LogP contribution in [0.5, 0.6) is 0 Å². The number of amides is 1. The Balaban J connectivity index is 1.74. The molecule has 156 valence electrons. The molecule has 0 aromatic heterocycles. The fourth-order valence-electron chi connectivity index (χ4n) is 4.99. The lowest BCUT2D eigenvalue weighted by atomic mass is 9.79. The van der Waals surface area contributed by atoms with E-state index in [1.807, 2.05) is 43.3 Å². The second-order valence-corrected chi connectivity index (χ2v) is 9.13. The van der Waals surface area contributed by atoms with Gasteiger partial charge >= 0.3 is 0 Å². The summed E-state index contributed by atoms with van der Waals surface area (Å²) in [5.41, 5.74) is 7.34. The molecule has 4 nitrogen and oxygen atoms in total. The average Bonchev–Trinajstić information content (AvgIpc) is 2.97. The van der Waals surface area contributed by atoms with Crippen LogP contribution >= 0.6 is 0 Å². The molecule has 2 aliphatic heterocycles. The van der Waals surface area contributed by atoms with Crippen molar-refractivity contribution in [3.05, 3.63) is 64.7 Å². The van der Waals surface area contributed by atoms with Gasteiger partial charge < -0.3 is 4.90 Å². The van der Waals surface area contributed by atoms with Crippen molar-refractivity contribution in [3.63, 3.8) is 0 Å². The number of carbonyl (C=O) groups is 1. The second kappa shape index (κ2) is 7.42. The summed E-state index contributed by atoms with van der Waals surface area (Å²) in [7, 11) is 0. The van der Waals surface area contributed by atoms with Crippen molar-refractivity contribution in [2.75, 3.05) is 16.5 Å². The van der Waals surface area contributed by atoms with Crippen LogP contribution in [0.2, 0.25) is 0 Å². The number of nitrogens with zero attached hydrogens (tertiary/aromatic N) is 3. The zero-order valence-corrected chi connectivity index (χ0v) is 18.9. The molecule has 2 aromatic carbocycles. The van der Waals surface area contributed by atoms with Crippen LogP contribution in [0, 0.1) is 6.92 Å². The van der Waals surface area contributed by atoms with Gasteiger partial charge in [-0.1, -0.05) is 25.1 Å². The van der Waals surface area contributed by atoms with Gasteiger partial charge in [0.25, 0.3) is 5.91 Å². The minimum atomic E-state index is -0.0693. The van der Waals surface area contributed by atoms with Crippen molar-refractivity contribution < 1.29 is 4.79 Å². The summed E-state index contributed by atoms with van der Waals surface area (Å²) in [5, 5.41) is 6.02. The molecule has 0 spiro atoms. The van der Waals surface area contributed by atoms with Crippen LogP contribution in [-0.4, -0.2) is 23.7 Å². The Hall–Kier alpha value is -2.88. The normalized spacial score (nSPS) is 21.8. The Morgan fingerprint density at radius 1 is 1.17 bits per heavy atom. The maximum absolute atomic E-state index is 13.1. The standard InChI is InChI=1S/C26H31N3O/c1-7-28-24-13-17(2)20(14-22(24)18(3)16-26(28,5)6)15-23-19(4)27-29(25(23)30)21-11-9-8-10-12-21/h8-15,18H,7,16H2,1-6H3/b23-15+. The third-order valence-electron chi connectivity index (χ3n) is 6.45. The Bertz CT molecular complexity index is 1050. The summed E-state index contributed by atoms with van der Waals surface area (Å²) >= 11 is 0. The largest absolute Gasteiger partial charge is 0.366 e. The highest BCUT2D eigenvalue weighted by Crippen LogP contribution is 2.44. The smallest absolute Gasteiger partial charge is 0.280 e. The van der Waals surface area contributed by atoms with Gasteiger partial charge in [-0.05, 0) is 94.0 Å². The Morgan fingerprint density at radius 2 is 1.87 bits per heavy atom. The molecule has 1 unspecified atom stereocenters. The molecule has 0 saturated heterocycles. The third-order valence-corrected chi connectivity index (χ3v) is 6.45. The van der Waals surface area contributed by atoms with Gasteiger partial charge in [-0.3, -0.25) is 4.79 Å². The Kier molecular flexibility index (Phi) is 5.05. The van der Waals surface area contributed by atoms with Crippen molar-refractivity contribution in [1.29, 1.82) is 0 Å². The first kappa shape index (κ1) is 20.4. The van der Waals surface area contributed by atoms with Gasteiger partial charge in [-0.2, -0.15) is 10.1 Å². The van der Waals surface area contributed by atoms with E-state index in [2.05, 4.69) is 56.8 Å². The van der Waals surface area contributed by atoms with E-state index >= 15 is 0 Å². The van der Waals surface area contributed by atoms with E-state index in [0.29, 0.717) is 11.5 Å². The number of fused-ring (bicyclic) bond motifs is 1. The fourth-order valence-corrected chi connectivity index (χ4v) is 4.99. The summed E-state index contributed by atoms with van der Waals surface area (Å²) < 4.78 is 0. The van der Waals surface area contributed by atoms with Crippen LogP contribution in [-0.2, 0) is 4.79 Å². The lowest BCUT2D eigenvalue weighted by molar-refractivity contribution is -0.114. The molecule has 4 rings (SSSR count). The molecule has 0 saturated carbocycles. The van der Waals surface area contributed by atoms with Crippen LogP contribution in [0.1, 0.15) is 63.6 Å². The fraction of sp³-hybridized carbons (Fsp3) is 0.385. The van der Waals surface area contributed by atoms with Crippen LogP contribution in [0.3, 0.4) is 0 Å². The molecule has 0 N–H and O–H groups in total. The molecule has 4 heteroatoms. The number of hydrogen-bond acceptors (Lipinski definition) is 3. The molecule has 0 bridgehead atoms. The zero-order chi connectivity index (χ0) is 21.6. The van der Waals surface area contributed by atoms with Crippen LogP contribution in [0.15, 0.2) is 53.1 Å². The van der Waals surface area contributed by atoms with Gasteiger partial charge in [0, 0.05) is 17.8 Å². The minimum absolute atomic E-state index is 0.0693. The summed E-state index contributed by atoms with van der Waals surface area (Å²) in [6, 6.07) is 14.2. The Labute approximate surface area is 179 Å². The second-order valence-electron chi connectivity index (χ2n) is 9.13. The van der Waals surface area contributed by atoms with E-state index < -0.39 is 0 Å². The van der Waals surface area contributed by atoms with Crippen molar-refractivity contribution in [1.82, 2.24) is 0 Å². The molecule has 30 heavy (non-hydrogen) atoms. The number of hydrogen-bond donors (Lipinski definition) is 0. The number of carbonyl (C=O) groups excluding carboxylic acids is 1. The summed E-state index contributed by atoms with van der Waals surface area (Å²) in [6.07, 6.45) is 3.14. The lowest BCUT2D eigenvalue weighted by Crippen LogP contribution is -2.48. The predicted molar refractivity (Wildman–Crippen MR) is 126 cm³/mol. The average molecular weight is 402 g/mol. The maximum Gasteiger partial charge on any atom is 0.280 e. The number of anilines is 2. The van der Waals surface area contributed by atoms with Gasteiger partial charge in [0.2, 0.25) is 0 Å². The molecule has 2 aliphatic rings. The van der Waals surface area contributed by atoms with E-state index in [4.69, 9.17) is 0 Å². The quantitative estimate of drug-likeness (QED) is 0.599. The monoisotopic (exact) mass is 401 g/mol. The first-order valence-corrected chi connectivity index (χ1v) is 10.8. The SMILES string of the molecule is CCN1c2cc(C)c(/C=C3/C(=O)N(c4ccccc4)N=C3C)cc2C(C)CC1(C)C. The molecular weight excluding hydrogens is 370 g/mol. The summed E-state index contributed by atoms with van der Waals surface area (Å²) in [4.78, 5) is 15.6. The molecule has 2 heterocycles. The highest BCUT2D eigenvalue weighted by atomic mass is 16.2. The van der Waals surface area contributed by atoms with E-state index in [0.717, 1.165) is 29.9 Å². The van der Waals surface area contributed by atoms with Gasteiger partial charge in [-0.25, -0.2) is 0 Å². The minimum Gasteiger partial charge on any atom is -0.366 e. The number of para-hydroxylation sites is 1. The predicted octanol–water partition coefficient (Wildman–Crippen LogP) is 5.91. The molecule has 1 amide bonds. The van der Waals surface area contributed by atoms with Crippen molar-refractivity contribution in [2.45, 2.75) is 59.4 Å². The molecule has 2 aromatic rings. The first-order valence-electron chi connectivity index (χ1n) is 10.8. The van der Waals surface area contributed by atoms with E-state index in [-0.39, 0.29) is 11.4 Å². The lowest BCUT2D eigenvalue weighted by Gasteiger charge is -2.47. The number of hydrazone groups is 1. The number of rotatable bonds is 3. The van der Waals surface area contributed by atoms with E-state index in [1.54, 1.807) is 0 Å². The highest BCUT2D eigenvalue weighted by molar-refractivity contribution is 6.32. The van der Waals surface area contributed by atoms with Crippen LogP contribution in [0.4, 0.5) is 11.4 Å². The van der Waals surface area contributed by atoms with Crippen LogP contribution < -0.4 is 9.91 Å².